The van der Waals surface area contributed by atoms with Gasteiger partial charge in [0.05, 0.1) is 15.9 Å². The normalized spacial score (nSPS) is 11.0. The van der Waals surface area contributed by atoms with Crippen LogP contribution in [0.3, 0.4) is 0 Å². The monoisotopic (exact) mass is 269 g/mol. The molecular weight excluding hydrogens is 257 g/mol. The van der Waals surface area contributed by atoms with Crippen LogP contribution in [0.5, 0.6) is 5.88 Å². The molecule has 0 unspecified atom stereocenters. The van der Waals surface area contributed by atoms with Crippen LogP contribution in [0, 0.1) is 6.92 Å². The van der Waals surface area contributed by atoms with E-state index in [0.29, 0.717) is 5.56 Å². The zero-order chi connectivity index (χ0) is 12.5. The van der Waals surface area contributed by atoms with E-state index in [1.807, 2.05) is 0 Å². The van der Waals surface area contributed by atoms with Crippen LogP contribution >= 0.6 is 0 Å². The molecule has 90 valence electrons. The van der Waals surface area contributed by atoms with Crippen LogP contribution in [0.2, 0.25) is 0 Å². The summed E-state index contributed by atoms with van der Waals surface area (Å²) >= 11 is 0. The zero-order valence-corrected chi connectivity index (χ0v) is 12.7. The molecule has 0 atom stereocenters. The number of hydrogen-bond donors (Lipinski definition) is 1. The molecule has 1 aromatic rings. The number of aromatic nitrogens is 1. The van der Waals surface area contributed by atoms with Gasteiger partial charge >= 0.3 is 29.6 Å². The molecule has 0 spiro atoms. The van der Waals surface area contributed by atoms with Crippen LogP contribution < -0.4 is 35.1 Å². The van der Waals surface area contributed by atoms with Gasteiger partial charge in [0, 0.05) is 18.2 Å². The van der Waals surface area contributed by atoms with E-state index in [-0.39, 0.29) is 41.7 Å². The predicted molar refractivity (Wildman–Crippen MR) is 56.2 cm³/mol. The second-order valence-corrected chi connectivity index (χ2v) is 4.82. The fourth-order valence-electron chi connectivity index (χ4n) is 1.45. The van der Waals surface area contributed by atoms with Gasteiger partial charge < -0.3 is 9.66 Å². The molecule has 6 nitrogen and oxygen atoms in total. The van der Waals surface area contributed by atoms with Gasteiger partial charge in [0.2, 0.25) is 0 Å². The maximum Gasteiger partial charge on any atom is 1.00 e. The molecule has 17 heavy (non-hydrogen) atoms. The van der Waals surface area contributed by atoms with Gasteiger partial charge in [-0.3, -0.25) is 9.36 Å². The molecule has 8 heteroatoms. The summed E-state index contributed by atoms with van der Waals surface area (Å²) in [5, 5.41) is 9.67. The van der Waals surface area contributed by atoms with Crippen LogP contribution in [0.15, 0.2) is 10.9 Å². The Morgan fingerprint density at radius 1 is 1.47 bits per heavy atom. The number of rotatable bonds is 3. The van der Waals surface area contributed by atoms with Crippen molar-refractivity contribution < 1.29 is 47.6 Å². The minimum atomic E-state index is -4.49. The second kappa shape index (κ2) is 6.01. The van der Waals surface area contributed by atoms with E-state index in [1.54, 1.807) is 6.92 Å². The van der Waals surface area contributed by atoms with Gasteiger partial charge in [-0.05, 0) is 19.4 Å². The fraction of sp³-hybridized carbons (Fsp3) is 0.444. The SMILES string of the molecule is CCn1c(O)c(CS(=O)(=O)[O-])c(C)cc1=O.[Na+]. The minimum absolute atomic E-state index is 0. The second-order valence-electron chi connectivity index (χ2n) is 3.41. The minimum Gasteiger partial charge on any atom is -0.748 e. The molecule has 0 radical (unpaired) electrons. The summed E-state index contributed by atoms with van der Waals surface area (Å²) in [7, 11) is -4.49. The van der Waals surface area contributed by atoms with E-state index in [0.717, 1.165) is 4.57 Å². The Labute approximate surface area is 121 Å². The first kappa shape index (κ1) is 16.7. The Kier molecular flexibility index (Phi) is 5.89. The van der Waals surface area contributed by atoms with E-state index in [2.05, 4.69) is 0 Å². The Hall–Kier alpha value is -0.340. The predicted octanol–water partition coefficient (Wildman–Crippen LogP) is -3.07. The number of aromatic hydroxyl groups is 1. The third-order valence-electron chi connectivity index (χ3n) is 2.24. The molecule has 0 bridgehead atoms. The fourth-order valence-corrected chi connectivity index (χ4v) is 2.16. The quantitative estimate of drug-likeness (QED) is 0.464. The molecule has 0 amide bonds. The molecular formula is C9H12NNaO5S. The van der Waals surface area contributed by atoms with Crippen molar-refractivity contribution in [2.45, 2.75) is 26.1 Å². The van der Waals surface area contributed by atoms with E-state index in [4.69, 9.17) is 0 Å². The first-order valence-electron chi connectivity index (χ1n) is 4.62. The largest absolute Gasteiger partial charge is 1.00 e. The average Bonchev–Trinajstić information content (AvgIpc) is 2.11. The van der Waals surface area contributed by atoms with Crippen molar-refractivity contribution in [2.24, 2.45) is 0 Å². The maximum absolute atomic E-state index is 11.4. The molecule has 0 aromatic carbocycles. The molecule has 1 aromatic heterocycles. The van der Waals surface area contributed by atoms with Crippen LogP contribution in [-0.2, 0) is 22.4 Å². The van der Waals surface area contributed by atoms with Crippen LogP contribution in [0.25, 0.3) is 0 Å². The maximum atomic E-state index is 11.4. The molecule has 0 aliphatic carbocycles. The smallest absolute Gasteiger partial charge is 0.748 e. The Bertz CT molecular complexity index is 563. The topological polar surface area (TPSA) is 99.4 Å². The summed E-state index contributed by atoms with van der Waals surface area (Å²) in [4.78, 5) is 11.4. The Balaban J connectivity index is 0.00000256. The van der Waals surface area contributed by atoms with E-state index in [9.17, 15) is 22.9 Å². The number of nitrogens with zero attached hydrogens (tertiary/aromatic N) is 1. The van der Waals surface area contributed by atoms with Crippen LogP contribution in [-0.4, -0.2) is 22.6 Å². The van der Waals surface area contributed by atoms with Gasteiger partial charge in [0.1, 0.15) is 0 Å². The third kappa shape index (κ3) is 4.11. The van der Waals surface area contributed by atoms with Gasteiger partial charge in [-0.1, -0.05) is 0 Å². The summed E-state index contributed by atoms with van der Waals surface area (Å²) in [6.07, 6.45) is 0. The Morgan fingerprint density at radius 2 is 2.00 bits per heavy atom. The van der Waals surface area contributed by atoms with Crippen molar-refractivity contribution in [3.05, 3.63) is 27.5 Å². The van der Waals surface area contributed by atoms with Crippen LogP contribution in [0.4, 0.5) is 0 Å². The molecule has 0 aliphatic rings. The van der Waals surface area contributed by atoms with Gasteiger partial charge in [-0.25, -0.2) is 8.42 Å². The third-order valence-corrected chi connectivity index (χ3v) is 2.89. The zero-order valence-electron chi connectivity index (χ0n) is 9.93. The molecule has 1 rings (SSSR count). The molecule has 0 saturated carbocycles. The Morgan fingerprint density at radius 3 is 2.41 bits per heavy atom. The van der Waals surface area contributed by atoms with Gasteiger partial charge in [0.25, 0.3) is 5.56 Å². The van der Waals surface area contributed by atoms with Gasteiger partial charge in [0.15, 0.2) is 5.88 Å². The number of aryl methyl sites for hydroxylation is 1. The van der Waals surface area contributed by atoms with Crippen molar-refractivity contribution in [2.75, 3.05) is 0 Å². The van der Waals surface area contributed by atoms with Crippen molar-refractivity contribution >= 4 is 10.1 Å². The molecule has 0 aliphatic heterocycles. The summed E-state index contributed by atoms with van der Waals surface area (Å²) in [6, 6.07) is 1.20. The van der Waals surface area contributed by atoms with Gasteiger partial charge in [-0.15, -0.1) is 0 Å². The molecule has 0 fully saturated rings. The number of pyridine rings is 1. The van der Waals surface area contributed by atoms with Crippen molar-refractivity contribution in [1.82, 2.24) is 4.57 Å². The first-order valence-corrected chi connectivity index (χ1v) is 6.20. The first-order chi connectivity index (χ1) is 7.26. The van der Waals surface area contributed by atoms with Crippen molar-refractivity contribution in [3.63, 3.8) is 0 Å². The standard InChI is InChI=1S/C9H13NO5S.Na/c1-3-10-8(11)4-6(2)7(9(10)12)5-16(13,14)15;/h4,12H,3,5H2,1-2H3,(H,13,14,15);/q;+1/p-1. The molecule has 1 heterocycles. The molecule has 1 N–H and O–H groups in total. The average molecular weight is 269 g/mol. The van der Waals surface area contributed by atoms with E-state index in [1.165, 1.54) is 13.0 Å². The summed E-state index contributed by atoms with van der Waals surface area (Å²) < 4.78 is 32.9. The van der Waals surface area contributed by atoms with Crippen molar-refractivity contribution in [1.29, 1.82) is 0 Å². The summed E-state index contributed by atoms with van der Waals surface area (Å²) in [6.45, 7) is 3.31. The van der Waals surface area contributed by atoms with Gasteiger partial charge in [-0.2, -0.15) is 0 Å². The number of hydrogen-bond acceptors (Lipinski definition) is 5. The van der Waals surface area contributed by atoms with E-state index < -0.39 is 27.3 Å². The van der Waals surface area contributed by atoms with Crippen LogP contribution in [0.1, 0.15) is 18.1 Å². The van der Waals surface area contributed by atoms with Crippen molar-refractivity contribution in [3.8, 4) is 5.88 Å². The summed E-state index contributed by atoms with van der Waals surface area (Å²) in [5.41, 5.74) is -0.146. The summed E-state index contributed by atoms with van der Waals surface area (Å²) in [5.74, 6) is -1.27. The molecule has 0 saturated heterocycles. The van der Waals surface area contributed by atoms with E-state index >= 15 is 0 Å².